The van der Waals surface area contributed by atoms with E-state index < -0.39 is 0 Å². The summed E-state index contributed by atoms with van der Waals surface area (Å²) in [5.74, 6) is 0.0518. The lowest BCUT2D eigenvalue weighted by molar-refractivity contribution is 0.0856. The van der Waals surface area contributed by atoms with E-state index in [9.17, 15) is 4.79 Å². The van der Waals surface area contributed by atoms with E-state index in [-0.39, 0.29) is 11.4 Å². The first-order valence-electron chi connectivity index (χ1n) is 6.01. The van der Waals surface area contributed by atoms with Crippen LogP contribution in [-0.2, 0) is 0 Å². The molecule has 0 aromatic heterocycles. The molecule has 0 bridgehead atoms. The molecule has 0 aliphatic heterocycles. The number of rotatable bonds is 3. The Balaban J connectivity index is 2.14. The molecule has 0 heterocycles. The molecule has 3 heteroatoms. The number of benzene rings is 1. The monoisotopic (exact) mass is 295 g/mol. The Morgan fingerprint density at radius 3 is 2.29 bits per heavy atom. The summed E-state index contributed by atoms with van der Waals surface area (Å²) in [7, 11) is 0. The highest BCUT2D eigenvalue weighted by molar-refractivity contribution is 9.09. The molecule has 2 rings (SSSR count). The van der Waals surface area contributed by atoms with Crippen LogP contribution in [-0.4, -0.2) is 16.8 Å². The van der Waals surface area contributed by atoms with Crippen LogP contribution in [0.3, 0.4) is 0 Å². The van der Waals surface area contributed by atoms with Gasteiger partial charge in [0.2, 0.25) is 0 Å². The highest BCUT2D eigenvalue weighted by atomic mass is 79.9. The van der Waals surface area contributed by atoms with Gasteiger partial charge in [-0.3, -0.25) is 4.79 Å². The number of halogens is 1. The predicted molar refractivity (Wildman–Crippen MR) is 73.8 cm³/mol. The molecule has 0 saturated heterocycles. The first-order valence-corrected chi connectivity index (χ1v) is 7.14. The summed E-state index contributed by atoms with van der Waals surface area (Å²) in [4.78, 5) is 12.2. The maximum atomic E-state index is 12.2. The zero-order valence-electron chi connectivity index (χ0n) is 10.3. The van der Waals surface area contributed by atoms with E-state index in [1.807, 2.05) is 26.0 Å². The molecule has 2 nitrogen and oxygen atoms in total. The van der Waals surface area contributed by atoms with Gasteiger partial charge in [-0.25, -0.2) is 0 Å². The fourth-order valence-electron chi connectivity index (χ4n) is 2.31. The minimum Gasteiger partial charge on any atom is -0.346 e. The second-order valence-corrected chi connectivity index (χ2v) is 5.66. The summed E-state index contributed by atoms with van der Waals surface area (Å²) in [6, 6.07) is 5.98. The van der Waals surface area contributed by atoms with Crippen LogP contribution >= 0.6 is 15.9 Å². The third-order valence-corrected chi connectivity index (χ3v) is 4.50. The third kappa shape index (κ3) is 2.71. The first-order chi connectivity index (χ1) is 8.04. The van der Waals surface area contributed by atoms with Crippen molar-refractivity contribution in [3.63, 3.8) is 0 Å². The Hall–Kier alpha value is -0.830. The molecule has 0 spiro atoms. The minimum absolute atomic E-state index is 0.00522. The van der Waals surface area contributed by atoms with Gasteiger partial charge in [0.1, 0.15) is 0 Å². The van der Waals surface area contributed by atoms with Crippen LogP contribution in [0, 0.1) is 13.8 Å². The molecule has 0 atom stereocenters. The molecule has 1 aliphatic rings. The van der Waals surface area contributed by atoms with Gasteiger partial charge in [-0.1, -0.05) is 33.1 Å². The maximum absolute atomic E-state index is 12.2. The molecular formula is C14H18BrNO. The molecule has 1 aromatic rings. The fourth-order valence-corrected chi connectivity index (χ4v) is 3.02. The number of carbonyl (C=O) groups excluding carboxylic acids is 1. The van der Waals surface area contributed by atoms with Crippen molar-refractivity contribution in [3.8, 4) is 0 Å². The molecule has 17 heavy (non-hydrogen) atoms. The molecule has 0 radical (unpaired) electrons. The number of nitrogens with one attached hydrogen (secondary N) is 1. The highest BCUT2D eigenvalue weighted by Gasteiger charge is 2.37. The lowest BCUT2D eigenvalue weighted by atomic mass is 9.78. The van der Waals surface area contributed by atoms with Crippen LogP contribution in [0.4, 0.5) is 0 Å². The van der Waals surface area contributed by atoms with Gasteiger partial charge < -0.3 is 5.32 Å². The Kier molecular flexibility index (Phi) is 3.57. The predicted octanol–water partition coefficient (Wildman–Crippen LogP) is 3.35. The second kappa shape index (κ2) is 4.81. The number of alkyl halides is 1. The van der Waals surface area contributed by atoms with Crippen LogP contribution in [0.5, 0.6) is 0 Å². The summed E-state index contributed by atoms with van der Waals surface area (Å²) in [5.41, 5.74) is 3.04. The first kappa shape index (κ1) is 12.6. The van der Waals surface area contributed by atoms with Crippen molar-refractivity contribution in [1.82, 2.24) is 5.32 Å². The average Bonchev–Trinajstić information content (AvgIpc) is 2.21. The molecule has 0 unspecified atom stereocenters. The summed E-state index contributed by atoms with van der Waals surface area (Å²) in [6.45, 7) is 4.04. The quantitative estimate of drug-likeness (QED) is 0.852. The van der Waals surface area contributed by atoms with Crippen molar-refractivity contribution < 1.29 is 4.79 Å². The van der Waals surface area contributed by atoms with E-state index >= 15 is 0 Å². The van der Waals surface area contributed by atoms with Crippen molar-refractivity contribution in [2.75, 3.05) is 5.33 Å². The van der Waals surface area contributed by atoms with Crippen LogP contribution in [0.2, 0.25) is 0 Å². The minimum atomic E-state index is -0.00522. The van der Waals surface area contributed by atoms with Crippen molar-refractivity contribution >= 4 is 21.8 Å². The van der Waals surface area contributed by atoms with Gasteiger partial charge in [0.15, 0.2) is 0 Å². The van der Waals surface area contributed by atoms with Gasteiger partial charge in [-0.2, -0.15) is 0 Å². The van der Waals surface area contributed by atoms with E-state index in [0.29, 0.717) is 0 Å². The number of hydrogen-bond acceptors (Lipinski definition) is 1. The van der Waals surface area contributed by atoms with Crippen LogP contribution in [0.1, 0.15) is 40.7 Å². The maximum Gasteiger partial charge on any atom is 0.251 e. The fraction of sp³-hybridized carbons (Fsp3) is 0.500. The molecule has 1 aromatic carbocycles. The summed E-state index contributed by atoms with van der Waals surface area (Å²) >= 11 is 3.50. The van der Waals surface area contributed by atoms with Crippen molar-refractivity contribution in [1.29, 1.82) is 0 Å². The van der Waals surface area contributed by atoms with Crippen LogP contribution in [0.25, 0.3) is 0 Å². The van der Waals surface area contributed by atoms with E-state index in [2.05, 4.69) is 27.3 Å². The average molecular weight is 296 g/mol. The highest BCUT2D eigenvalue weighted by Crippen LogP contribution is 2.33. The molecule has 1 aliphatic carbocycles. The van der Waals surface area contributed by atoms with Crippen LogP contribution < -0.4 is 5.32 Å². The zero-order valence-corrected chi connectivity index (χ0v) is 11.9. The summed E-state index contributed by atoms with van der Waals surface area (Å²) in [6.07, 6.45) is 3.36. The van der Waals surface area contributed by atoms with E-state index in [4.69, 9.17) is 0 Å². The standard InChI is InChI=1S/C14H18BrNO/c1-10-6-11(2)8-12(7-10)13(17)16-14(9-15)4-3-5-14/h6-8H,3-5,9H2,1-2H3,(H,16,17). The second-order valence-electron chi connectivity index (χ2n) is 5.10. The smallest absolute Gasteiger partial charge is 0.251 e. The van der Waals surface area contributed by atoms with Gasteiger partial charge >= 0.3 is 0 Å². The Morgan fingerprint density at radius 1 is 1.29 bits per heavy atom. The van der Waals surface area contributed by atoms with E-state index in [1.165, 1.54) is 6.42 Å². The molecule has 92 valence electrons. The number of hydrogen-bond donors (Lipinski definition) is 1. The van der Waals surface area contributed by atoms with Gasteiger partial charge in [0, 0.05) is 10.9 Å². The molecular weight excluding hydrogens is 278 g/mol. The van der Waals surface area contributed by atoms with E-state index in [0.717, 1.165) is 34.9 Å². The largest absolute Gasteiger partial charge is 0.346 e. The Labute approximate surface area is 111 Å². The molecule has 1 N–H and O–H groups in total. The summed E-state index contributed by atoms with van der Waals surface area (Å²) < 4.78 is 0. The SMILES string of the molecule is Cc1cc(C)cc(C(=O)NC2(CBr)CCC2)c1. The normalized spacial score (nSPS) is 17.4. The lowest BCUT2D eigenvalue weighted by Gasteiger charge is -2.41. The molecule has 1 saturated carbocycles. The number of aryl methyl sites for hydroxylation is 2. The third-order valence-electron chi connectivity index (χ3n) is 3.43. The van der Waals surface area contributed by atoms with Crippen LogP contribution in [0.15, 0.2) is 18.2 Å². The summed E-state index contributed by atoms with van der Waals surface area (Å²) in [5, 5.41) is 4.01. The van der Waals surface area contributed by atoms with Gasteiger partial charge in [0.05, 0.1) is 5.54 Å². The number of amides is 1. The topological polar surface area (TPSA) is 29.1 Å². The number of carbonyl (C=O) groups is 1. The molecule has 1 amide bonds. The van der Waals surface area contributed by atoms with Crippen molar-refractivity contribution in [2.45, 2.75) is 38.6 Å². The van der Waals surface area contributed by atoms with Gasteiger partial charge in [-0.05, 0) is 45.2 Å². The Morgan fingerprint density at radius 2 is 1.88 bits per heavy atom. The Bertz CT molecular complexity index is 412. The van der Waals surface area contributed by atoms with Crippen molar-refractivity contribution in [3.05, 3.63) is 34.9 Å². The van der Waals surface area contributed by atoms with Crippen molar-refractivity contribution in [2.24, 2.45) is 0 Å². The van der Waals surface area contributed by atoms with Gasteiger partial charge in [0.25, 0.3) is 5.91 Å². The zero-order chi connectivity index (χ0) is 12.5. The van der Waals surface area contributed by atoms with Gasteiger partial charge in [-0.15, -0.1) is 0 Å². The van der Waals surface area contributed by atoms with E-state index in [1.54, 1.807) is 0 Å². The molecule has 1 fully saturated rings. The lowest BCUT2D eigenvalue weighted by Crippen LogP contribution is -2.54.